The number of nitrogens with zero attached hydrogens (tertiary/aromatic N) is 1. The van der Waals surface area contributed by atoms with Crippen molar-refractivity contribution in [1.82, 2.24) is 0 Å². The number of halogens is 1. The molecule has 1 aliphatic heterocycles. The zero-order valence-electron chi connectivity index (χ0n) is 10.5. The molecule has 1 aromatic rings. The van der Waals surface area contributed by atoms with Crippen molar-refractivity contribution >= 4 is 17.3 Å². The first-order valence-corrected chi connectivity index (χ1v) is 6.75. The molecule has 1 aliphatic rings. The molecule has 1 unspecified atom stereocenters. The predicted octanol–water partition coefficient (Wildman–Crippen LogP) is 3.77. The molecule has 17 heavy (non-hydrogen) atoms. The summed E-state index contributed by atoms with van der Waals surface area (Å²) < 4.78 is 0. The van der Waals surface area contributed by atoms with Crippen molar-refractivity contribution in [1.29, 1.82) is 0 Å². The van der Waals surface area contributed by atoms with Crippen LogP contribution in [0.4, 0.5) is 5.69 Å². The fourth-order valence-electron chi connectivity index (χ4n) is 2.59. The summed E-state index contributed by atoms with van der Waals surface area (Å²) in [5, 5.41) is 10.3. The zero-order chi connectivity index (χ0) is 12.4. The number of aliphatic hydroxyl groups excluding tert-OH is 1. The van der Waals surface area contributed by atoms with Crippen molar-refractivity contribution in [3.05, 3.63) is 28.8 Å². The van der Waals surface area contributed by atoms with E-state index in [4.69, 9.17) is 11.6 Å². The molecule has 0 aliphatic carbocycles. The second-order valence-corrected chi connectivity index (χ2v) is 5.19. The highest BCUT2D eigenvalue weighted by molar-refractivity contribution is 6.33. The van der Waals surface area contributed by atoms with Gasteiger partial charge in [0.1, 0.15) is 0 Å². The van der Waals surface area contributed by atoms with Gasteiger partial charge in [-0.1, -0.05) is 24.6 Å². The van der Waals surface area contributed by atoms with Gasteiger partial charge in [0.2, 0.25) is 0 Å². The first-order chi connectivity index (χ1) is 8.13. The predicted molar refractivity (Wildman–Crippen MR) is 72.7 cm³/mol. The van der Waals surface area contributed by atoms with Gasteiger partial charge in [-0.05, 0) is 43.9 Å². The molecular weight excluding hydrogens is 234 g/mol. The normalized spacial score (nSPS) is 21.9. The molecule has 0 amide bonds. The second-order valence-electron chi connectivity index (χ2n) is 4.78. The van der Waals surface area contributed by atoms with Crippen LogP contribution in [0.3, 0.4) is 0 Å². The molecule has 94 valence electrons. The SMILES string of the molecule is CCC1CCCN1c1ccc([C@@H](C)O)cc1Cl. The van der Waals surface area contributed by atoms with E-state index in [0.717, 1.165) is 29.2 Å². The lowest BCUT2D eigenvalue weighted by Gasteiger charge is -2.27. The molecule has 3 heteroatoms. The fourth-order valence-corrected chi connectivity index (χ4v) is 2.89. The Bertz CT molecular complexity index is 392. The summed E-state index contributed by atoms with van der Waals surface area (Å²) in [4.78, 5) is 2.40. The molecule has 2 atom stereocenters. The van der Waals surface area contributed by atoms with Gasteiger partial charge in [0.05, 0.1) is 16.8 Å². The molecule has 0 spiro atoms. The van der Waals surface area contributed by atoms with Crippen LogP contribution in [0.5, 0.6) is 0 Å². The van der Waals surface area contributed by atoms with Crippen LogP contribution in [-0.4, -0.2) is 17.7 Å². The molecule has 0 bridgehead atoms. The van der Waals surface area contributed by atoms with Crippen LogP contribution >= 0.6 is 11.6 Å². The minimum absolute atomic E-state index is 0.456. The van der Waals surface area contributed by atoms with Gasteiger partial charge in [-0.2, -0.15) is 0 Å². The molecule has 2 nitrogen and oxygen atoms in total. The van der Waals surface area contributed by atoms with Crippen molar-refractivity contribution in [2.45, 2.75) is 45.3 Å². The minimum Gasteiger partial charge on any atom is -0.389 e. The molecule has 0 aromatic heterocycles. The third kappa shape index (κ3) is 2.58. The highest BCUT2D eigenvalue weighted by atomic mass is 35.5. The summed E-state index contributed by atoms with van der Waals surface area (Å²) in [6.07, 6.45) is 3.20. The molecule has 1 N–H and O–H groups in total. The second kappa shape index (κ2) is 5.28. The minimum atomic E-state index is -0.456. The first-order valence-electron chi connectivity index (χ1n) is 6.37. The molecular formula is C14H20ClNO. The number of aliphatic hydroxyl groups is 1. The van der Waals surface area contributed by atoms with Crippen LogP contribution < -0.4 is 4.90 Å². The van der Waals surface area contributed by atoms with Gasteiger partial charge in [-0.25, -0.2) is 0 Å². The average molecular weight is 254 g/mol. The molecule has 1 saturated heterocycles. The van der Waals surface area contributed by atoms with Crippen LogP contribution in [0.25, 0.3) is 0 Å². The average Bonchev–Trinajstić information content (AvgIpc) is 2.76. The van der Waals surface area contributed by atoms with Gasteiger partial charge in [-0.15, -0.1) is 0 Å². The van der Waals surface area contributed by atoms with E-state index in [1.165, 1.54) is 12.8 Å². The highest BCUT2D eigenvalue weighted by Gasteiger charge is 2.24. The van der Waals surface area contributed by atoms with E-state index in [1.807, 2.05) is 18.2 Å². The Morgan fingerprint density at radius 2 is 2.29 bits per heavy atom. The topological polar surface area (TPSA) is 23.5 Å². The van der Waals surface area contributed by atoms with Crippen LogP contribution in [0, 0.1) is 0 Å². The summed E-state index contributed by atoms with van der Waals surface area (Å²) in [6.45, 7) is 5.07. The largest absolute Gasteiger partial charge is 0.389 e. The maximum Gasteiger partial charge on any atom is 0.0762 e. The Hall–Kier alpha value is -0.730. The molecule has 1 heterocycles. The summed E-state index contributed by atoms with van der Waals surface area (Å²) in [7, 11) is 0. The Kier molecular flexibility index (Phi) is 3.95. The van der Waals surface area contributed by atoms with Crippen LogP contribution in [0.2, 0.25) is 5.02 Å². The molecule has 0 saturated carbocycles. The van der Waals surface area contributed by atoms with E-state index in [2.05, 4.69) is 11.8 Å². The number of benzene rings is 1. The number of rotatable bonds is 3. The van der Waals surface area contributed by atoms with E-state index in [0.29, 0.717) is 6.04 Å². The molecule has 1 aromatic carbocycles. The summed E-state index contributed by atoms with van der Waals surface area (Å²) >= 11 is 6.32. The van der Waals surface area contributed by atoms with E-state index >= 15 is 0 Å². The van der Waals surface area contributed by atoms with Crippen LogP contribution in [0.15, 0.2) is 18.2 Å². The van der Waals surface area contributed by atoms with Crippen molar-refractivity contribution in [2.75, 3.05) is 11.4 Å². The summed E-state index contributed by atoms with van der Waals surface area (Å²) in [5.41, 5.74) is 1.99. The maximum atomic E-state index is 9.53. The first kappa shape index (κ1) is 12.7. The lowest BCUT2D eigenvalue weighted by Crippen LogP contribution is -2.28. The quantitative estimate of drug-likeness (QED) is 0.886. The lowest BCUT2D eigenvalue weighted by molar-refractivity contribution is 0.199. The van der Waals surface area contributed by atoms with E-state index in [1.54, 1.807) is 6.92 Å². The van der Waals surface area contributed by atoms with Gasteiger partial charge >= 0.3 is 0 Å². The maximum absolute atomic E-state index is 9.53. The fraction of sp³-hybridized carbons (Fsp3) is 0.571. The Labute approximate surface area is 108 Å². The third-order valence-corrected chi connectivity index (χ3v) is 3.91. The highest BCUT2D eigenvalue weighted by Crippen LogP contribution is 2.34. The Balaban J connectivity index is 2.27. The van der Waals surface area contributed by atoms with Crippen LogP contribution in [0.1, 0.15) is 44.8 Å². The molecule has 1 fully saturated rings. The van der Waals surface area contributed by atoms with Gasteiger partial charge < -0.3 is 10.0 Å². The van der Waals surface area contributed by atoms with Gasteiger partial charge in [0, 0.05) is 12.6 Å². The van der Waals surface area contributed by atoms with Gasteiger partial charge in [0.15, 0.2) is 0 Å². The van der Waals surface area contributed by atoms with E-state index in [9.17, 15) is 5.11 Å². The van der Waals surface area contributed by atoms with E-state index < -0.39 is 6.10 Å². The number of hydrogen-bond acceptors (Lipinski definition) is 2. The standard InChI is InChI=1S/C14H20ClNO/c1-3-12-5-4-8-16(12)14-7-6-11(10(2)17)9-13(14)15/h6-7,9-10,12,17H,3-5,8H2,1-2H3/t10-,12?/m1/s1. The third-order valence-electron chi connectivity index (χ3n) is 3.61. The lowest BCUT2D eigenvalue weighted by atomic mass is 10.1. The summed E-state index contributed by atoms with van der Waals surface area (Å²) in [5.74, 6) is 0. The zero-order valence-corrected chi connectivity index (χ0v) is 11.2. The Morgan fingerprint density at radius 1 is 1.53 bits per heavy atom. The monoisotopic (exact) mass is 253 g/mol. The smallest absolute Gasteiger partial charge is 0.0762 e. The van der Waals surface area contributed by atoms with Crippen molar-refractivity contribution in [3.8, 4) is 0 Å². The van der Waals surface area contributed by atoms with Crippen molar-refractivity contribution in [2.24, 2.45) is 0 Å². The molecule has 2 rings (SSSR count). The summed E-state index contributed by atoms with van der Waals surface area (Å²) in [6, 6.07) is 6.51. The number of anilines is 1. The van der Waals surface area contributed by atoms with Gasteiger partial charge in [0.25, 0.3) is 0 Å². The van der Waals surface area contributed by atoms with Gasteiger partial charge in [-0.3, -0.25) is 0 Å². The molecule has 0 radical (unpaired) electrons. The Morgan fingerprint density at radius 3 is 2.88 bits per heavy atom. The van der Waals surface area contributed by atoms with Crippen molar-refractivity contribution < 1.29 is 5.11 Å². The van der Waals surface area contributed by atoms with Crippen LogP contribution in [-0.2, 0) is 0 Å². The van der Waals surface area contributed by atoms with Crippen molar-refractivity contribution in [3.63, 3.8) is 0 Å². The van der Waals surface area contributed by atoms with E-state index in [-0.39, 0.29) is 0 Å². The number of hydrogen-bond donors (Lipinski definition) is 1.